The van der Waals surface area contributed by atoms with Gasteiger partial charge in [0.05, 0.1) is 12.7 Å². The van der Waals surface area contributed by atoms with Crippen LogP contribution in [0, 0.1) is 5.82 Å². The fourth-order valence-electron chi connectivity index (χ4n) is 3.84. The lowest BCUT2D eigenvalue weighted by molar-refractivity contribution is 0.0742. The minimum Gasteiger partial charge on any atom is -0.497 e. The van der Waals surface area contributed by atoms with Gasteiger partial charge in [0.15, 0.2) is 5.82 Å². The number of hydrogen-bond donors (Lipinski definition) is 0. The van der Waals surface area contributed by atoms with Crippen molar-refractivity contribution < 1.29 is 13.9 Å². The number of fused-ring (bicyclic) bond motifs is 1. The smallest absolute Gasteiger partial charge is 0.256 e. The van der Waals surface area contributed by atoms with Crippen LogP contribution in [0.25, 0.3) is 21.5 Å². The standard InChI is InChI=1S/C23H20FN5O2S/c1-31-16-8-6-15(7-9-16)19-20-21(32-27-19)22(26-14-25-20)28-10-12-29(13-11-28)23(30)17-4-2-3-5-18(17)24/h2-9,14H,10-13H2,1H3. The van der Waals surface area contributed by atoms with E-state index in [4.69, 9.17) is 4.74 Å². The fourth-order valence-corrected chi connectivity index (χ4v) is 4.72. The SMILES string of the molecule is COc1ccc(-c2nsc3c(N4CCN(C(=O)c5ccccc5F)CC4)ncnc23)cc1. The summed E-state index contributed by atoms with van der Waals surface area (Å²) in [6.45, 7) is 2.18. The van der Waals surface area contributed by atoms with Crippen molar-refractivity contribution in [3.8, 4) is 17.0 Å². The molecule has 162 valence electrons. The van der Waals surface area contributed by atoms with Gasteiger partial charge in [-0.2, -0.15) is 4.37 Å². The van der Waals surface area contributed by atoms with Gasteiger partial charge in [-0.1, -0.05) is 12.1 Å². The summed E-state index contributed by atoms with van der Waals surface area (Å²) in [7, 11) is 1.64. The Balaban J connectivity index is 1.36. The van der Waals surface area contributed by atoms with Gasteiger partial charge in [-0.15, -0.1) is 0 Å². The van der Waals surface area contributed by atoms with Crippen molar-refractivity contribution in [3.05, 3.63) is 66.2 Å². The van der Waals surface area contributed by atoms with E-state index in [1.165, 1.54) is 23.7 Å². The van der Waals surface area contributed by atoms with Crippen LogP contribution in [0.5, 0.6) is 5.75 Å². The average Bonchev–Trinajstić information content (AvgIpc) is 3.28. The maximum Gasteiger partial charge on any atom is 0.256 e. The van der Waals surface area contributed by atoms with Gasteiger partial charge in [-0.25, -0.2) is 14.4 Å². The van der Waals surface area contributed by atoms with E-state index in [1.807, 2.05) is 24.3 Å². The molecule has 0 N–H and O–H groups in total. The minimum atomic E-state index is -0.492. The van der Waals surface area contributed by atoms with E-state index in [1.54, 1.807) is 30.5 Å². The molecule has 1 fully saturated rings. The number of ether oxygens (including phenoxy) is 1. The Hall–Kier alpha value is -3.59. The van der Waals surface area contributed by atoms with Crippen LogP contribution in [0.1, 0.15) is 10.4 Å². The van der Waals surface area contributed by atoms with Crippen molar-refractivity contribution in [3.63, 3.8) is 0 Å². The van der Waals surface area contributed by atoms with E-state index < -0.39 is 5.82 Å². The van der Waals surface area contributed by atoms with Crippen LogP contribution in [0.3, 0.4) is 0 Å². The highest BCUT2D eigenvalue weighted by Crippen LogP contribution is 2.35. The summed E-state index contributed by atoms with van der Waals surface area (Å²) in [5, 5.41) is 0. The number of aromatic nitrogens is 3. The molecule has 2 aromatic carbocycles. The number of anilines is 1. The van der Waals surface area contributed by atoms with Crippen LogP contribution in [-0.2, 0) is 0 Å². The summed E-state index contributed by atoms with van der Waals surface area (Å²) >= 11 is 1.37. The van der Waals surface area contributed by atoms with Gasteiger partial charge in [0.2, 0.25) is 0 Å². The highest BCUT2D eigenvalue weighted by Gasteiger charge is 2.26. The van der Waals surface area contributed by atoms with Crippen molar-refractivity contribution in [1.29, 1.82) is 0 Å². The molecule has 5 rings (SSSR count). The van der Waals surface area contributed by atoms with Gasteiger partial charge < -0.3 is 14.5 Å². The number of methoxy groups -OCH3 is 1. The van der Waals surface area contributed by atoms with Crippen molar-refractivity contribution in [1.82, 2.24) is 19.2 Å². The third-order valence-corrected chi connectivity index (χ3v) is 6.40. The molecule has 1 aliphatic rings. The third kappa shape index (κ3) is 3.64. The Morgan fingerprint density at radius 2 is 1.78 bits per heavy atom. The molecule has 0 saturated carbocycles. The largest absolute Gasteiger partial charge is 0.497 e. The van der Waals surface area contributed by atoms with Crippen LogP contribution in [0.15, 0.2) is 54.9 Å². The molecule has 4 aromatic rings. The van der Waals surface area contributed by atoms with Crippen LogP contribution in [0.4, 0.5) is 10.2 Å². The van der Waals surface area contributed by atoms with Gasteiger partial charge in [0, 0.05) is 31.7 Å². The molecule has 0 unspecified atom stereocenters. The number of hydrogen-bond acceptors (Lipinski definition) is 7. The number of carbonyl (C=O) groups excluding carboxylic acids is 1. The van der Waals surface area contributed by atoms with E-state index in [0.29, 0.717) is 26.2 Å². The van der Waals surface area contributed by atoms with Crippen molar-refractivity contribution in [2.75, 3.05) is 38.2 Å². The molecular formula is C23H20FN5O2S. The second-order valence-corrected chi connectivity index (χ2v) is 8.17. The zero-order chi connectivity index (χ0) is 22.1. The van der Waals surface area contributed by atoms with E-state index in [9.17, 15) is 9.18 Å². The highest BCUT2D eigenvalue weighted by molar-refractivity contribution is 7.14. The number of rotatable bonds is 4. The maximum absolute atomic E-state index is 14.0. The van der Waals surface area contributed by atoms with Gasteiger partial charge in [0.25, 0.3) is 5.91 Å². The lowest BCUT2D eigenvalue weighted by Crippen LogP contribution is -2.49. The minimum absolute atomic E-state index is 0.108. The molecular weight excluding hydrogens is 429 g/mol. The molecule has 1 aliphatic heterocycles. The highest BCUT2D eigenvalue weighted by atomic mass is 32.1. The second kappa shape index (κ2) is 8.51. The van der Waals surface area contributed by atoms with E-state index >= 15 is 0 Å². The van der Waals surface area contributed by atoms with Crippen molar-refractivity contribution >= 4 is 33.5 Å². The predicted octanol–water partition coefficient (Wildman–Crippen LogP) is 3.86. The summed E-state index contributed by atoms with van der Waals surface area (Å²) in [5.41, 5.74) is 2.68. The molecule has 1 saturated heterocycles. The van der Waals surface area contributed by atoms with Crippen LogP contribution < -0.4 is 9.64 Å². The zero-order valence-electron chi connectivity index (χ0n) is 17.4. The molecule has 2 aromatic heterocycles. The molecule has 32 heavy (non-hydrogen) atoms. The molecule has 9 heteroatoms. The Morgan fingerprint density at radius 1 is 1.03 bits per heavy atom. The molecule has 0 spiro atoms. The van der Waals surface area contributed by atoms with E-state index in [0.717, 1.165) is 33.0 Å². The number of amides is 1. The van der Waals surface area contributed by atoms with Crippen LogP contribution in [0.2, 0.25) is 0 Å². The first-order valence-corrected chi connectivity index (χ1v) is 11.0. The lowest BCUT2D eigenvalue weighted by atomic mass is 10.1. The average molecular weight is 450 g/mol. The summed E-state index contributed by atoms with van der Waals surface area (Å²) in [6.07, 6.45) is 1.55. The first-order chi connectivity index (χ1) is 15.7. The molecule has 1 amide bonds. The third-order valence-electron chi connectivity index (χ3n) is 5.57. The maximum atomic E-state index is 14.0. The molecule has 7 nitrogen and oxygen atoms in total. The Morgan fingerprint density at radius 3 is 2.50 bits per heavy atom. The number of carbonyl (C=O) groups is 1. The number of benzene rings is 2. The number of halogens is 1. The van der Waals surface area contributed by atoms with Gasteiger partial charge in [0.1, 0.15) is 33.8 Å². The summed E-state index contributed by atoms with van der Waals surface area (Å²) in [6, 6.07) is 13.8. The molecule has 0 bridgehead atoms. The molecule has 3 heterocycles. The van der Waals surface area contributed by atoms with Gasteiger partial charge in [-0.05, 0) is 47.9 Å². The monoisotopic (exact) mass is 449 g/mol. The number of nitrogens with zero attached hydrogens (tertiary/aromatic N) is 5. The van der Waals surface area contributed by atoms with Crippen LogP contribution in [-0.4, -0.2) is 58.4 Å². The van der Waals surface area contributed by atoms with Crippen molar-refractivity contribution in [2.45, 2.75) is 0 Å². The quantitative estimate of drug-likeness (QED) is 0.471. The Labute approximate surface area is 188 Å². The van der Waals surface area contributed by atoms with E-state index in [-0.39, 0.29) is 11.5 Å². The fraction of sp³-hybridized carbons (Fsp3) is 0.217. The predicted molar refractivity (Wildman–Crippen MR) is 122 cm³/mol. The lowest BCUT2D eigenvalue weighted by Gasteiger charge is -2.35. The first kappa shape index (κ1) is 20.3. The van der Waals surface area contributed by atoms with Gasteiger partial charge in [-0.3, -0.25) is 4.79 Å². The summed E-state index contributed by atoms with van der Waals surface area (Å²) in [4.78, 5) is 25.5. The second-order valence-electron chi connectivity index (χ2n) is 7.39. The molecule has 0 radical (unpaired) electrons. The Kier molecular flexibility index (Phi) is 5.40. The first-order valence-electron chi connectivity index (χ1n) is 10.2. The summed E-state index contributed by atoms with van der Waals surface area (Å²) in [5.74, 6) is 0.819. The molecule has 0 aliphatic carbocycles. The Bertz CT molecular complexity index is 1270. The van der Waals surface area contributed by atoms with E-state index in [2.05, 4.69) is 19.2 Å². The van der Waals surface area contributed by atoms with Crippen molar-refractivity contribution in [2.24, 2.45) is 0 Å². The zero-order valence-corrected chi connectivity index (χ0v) is 18.2. The van der Waals surface area contributed by atoms with Crippen LogP contribution >= 0.6 is 11.5 Å². The molecule has 0 atom stereocenters. The number of piperazine rings is 1. The topological polar surface area (TPSA) is 71.5 Å². The normalized spacial score (nSPS) is 14.1. The van der Waals surface area contributed by atoms with Gasteiger partial charge >= 0.3 is 0 Å². The summed E-state index contributed by atoms with van der Waals surface area (Å²) < 4.78 is 24.8.